The van der Waals surface area contributed by atoms with Crippen LogP contribution in [0.15, 0.2) is 84.0 Å². The molecular formula is C28H25F3N4O2S. The van der Waals surface area contributed by atoms with Crippen LogP contribution in [0.5, 0.6) is 0 Å². The topological polar surface area (TPSA) is 60.2 Å². The van der Waals surface area contributed by atoms with Crippen LogP contribution in [0.3, 0.4) is 0 Å². The normalized spacial score (nSPS) is 14.0. The minimum absolute atomic E-state index is 0.0615. The molecule has 0 saturated carbocycles. The van der Waals surface area contributed by atoms with Crippen molar-refractivity contribution in [2.75, 3.05) is 26.3 Å². The highest BCUT2D eigenvalue weighted by atomic mass is 32.2. The third kappa shape index (κ3) is 5.92. The second kappa shape index (κ2) is 11.4. The lowest BCUT2D eigenvalue weighted by Gasteiger charge is -2.27. The molecule has 10 heteroatoms. The number of hydrogen-bond acceptors (Lipinski definition) is 5. The summed E-state index contributed by atoms with van der Waals surface area (Å²) < 4.78 is 47.6. The molecule has 5 rings (SSSR count). The Morgan fingerprint density at radius 2 is 1.66 bits per heavy atom. The first-order chi connectivity index (χ1) is 18.4. The first kappa shape index (κ1) is 26.0. The summed E-state index contributed by atoms with van der Waals surface area (Å²) >= 11 is 1.33. The van der Waals surface area contributed by atoms with E-state index in [0.717, 1.165) is 23.3 Å². The Kier molecular flexibility index (Phi) is 7.80. The molecule has 38 heavy (non-hydrogen) atoms. The van der Waals surface area contributed by atoms with Crippen molar-refractivity contribution < 1.29 is 22.7 Å². The summed E-state index contributed by atoms with van der Waals surface area (Å²) in [6, 6.07) is 22.1. The fraction of sp³-hybridized carbons (Fsp3) is 0.250. The van der Waals surface area contributed by atoms with Crippen molar-refractivity contribution in [1.82, 2.24) is 19.7 Å². The fourth-order valence-corrected chi connectivity index (χ4v) is 5.28. The monoisotopic (exact) mass is 538 g/mol. The van der Waals surface area contributed by atoms with Crippen molar-refractivity contribution in [1.29, 1.82) is 0 Å². The van der Waals surface area contributed by atoms with E-state index in [4.69, 9.17) is 4.74 Å². The van der Waals surface area contributed by atoms with E-state index in [2.05, 4.69) is 10.2 Å². The molecule has 0 N–H and O–H groups in total. The molecule has 0 unspecified atom stereocenters. The van der Waals surface area contributed by atoms with Gasteiger partial charge in [0.25, 0.3) is 5.91 Å². The third-order valence-corrected chi connectivity index (χ3v) is 7.22. The number of carbonyl (C=O) groups excluding carboxylic acids is 1. The lowest BCUT2D eigenvalue weighted by molar-refractivity contribution is -0.137. The summed E-state index contributed by atoms with van der Waals surface area (Å²) in [6.07, 6.45) is -4.08. The van der Waals surface area contributed by atoms with Crippen molar-refractivity contribution in [3.63, 3.8) is 0 Å². The Hall–Kier alpha value is -3.63. The molecule has 0 bridgehead atoms. The average molecular weight is 539 g/mol. The van der Waals surface area contributed by atoms with Crippen molar-refractivity contribution in [3.8, 4) is 5.69 Å². The van der Waals surface area contributed by atoms with Crippen molar-refractivity contribution in [3.05, 3.63) is 107 Å². The Labute approximate surface area is 222 Å². The van der Waals surface area contributed by atoms with Crippen molar-refractivity contribution in [2.24, 2.45) is 0 Å². The van der Waals surface area contributed by atoms with Gasteiger partial charge in [0, 0.05) is 30.8 Å². The molecule has 1 fully saturated rings. The smallest absolute Gasteiger partial charge is 0.378 e. The number of aromatic nitrogens is 3. The molecule has 0 radical (unpaired) electrons. The predicted octanol–water partition coefficient (Wildman–Crippen LogP) is 5.64. The van der Waals surface area contributed by atoms with Gasteiger partial charge in [0.15, 0.2) is 5.16 Å². The summed E-state index contributed by atoms with van der Waals surface area (Å²) in [5, 5.41) is 9.14. The number of rotatable bonds is 7. The third-order valence-electron chi connectivity index (χ3n) is 6.24. The van der Waals surface area contributed by atoms with Gasteiger partial charge in [-0.05, 0) is 35.4 Å². The molecule has 1 saturated heterocycles. The number of hydrogen-bond donors (Lipinski definition) is 0. The maximum atomic E-state index is 13.5. The number of alkyl halides is 3. The highest BCUT2D eigenvalue weighted by molar-refractivity contribution is 7.98. The largest absolute Gasteiger partial charge is 0.416 e. The van der Waals surface area contributed by atoms with E-state index in [9.17, 15) is 18.0 Å². The number of amides is 1. The van der Waals surface area contributed by atoms with E-state index in [1.807, 2.05) is 48.5 Å². The molecule has 3 aromatic carbocycles. The number of ether oxygens (including phenoxy) is 1. The molecule has 0 spiro atoms. The Morgan fingerprint density at radius 1 is 0.921 bits per heavy atom. The van der Waals surface area contributed by atoms with E-state index >= 15 is 0 Å². The van der Waals surface area contributed by atoms with E-state index < -0.39 is 11.7 Å². The highest BCUT2D eigenvalue weighted by Gasteiger charge is 2.31. The van der Waals surface area contributed by atoms with Crippen molar-refractivity contribution in [2.45, 2.75) is 23.5 Å². The van der Waals surface area contributed by atoms with E-state index in [1.54, 1.807) is 21.6 Å². The maximum Gasteiger partial charge on any atom is 0.416 e. The van der Waals surface area contributed by atoms with Gasteiger partial charge in [-0.15, -0.1) is 10.2 Å². The minimum Gasteiger partial charge on any atom is -0.378 e. The predicted molar refractivity (Wildman–Crippen MR) is 138 cm³/mol. The lowest BCUT2D eigenvalue weighted by atomic mass is 10.1. The molecule has 1 aliphatic heterocycles. The molecule has 1 aromatic heterocycles. The van der Waals surface area contributed by atoms with Crippen LogP contribution in [0.1, 0.15) is 32.9 Å². The van der Waals surface area contributed by atoms with Crippen LogP contribution in [0, 0.1) is 0 Å². The number of morpholine rings is 1. The Balaban J connectivity index is 1.46. The Bertz CT molecular complexity index is 1400. The average Bonchev–Trinajstić information content (AvgIpc) is 3.34. The zero-order valence-electron chi connectivity index (χ0n) is 20.4. The van der Waals surface area contributed by atoms with Gasteiger partial charge in [0.05, 0.1) is 24.5 Å². The molecular weight excluding hydrogens is 513 g/mol. The molecule has 1 amide bonds. The van der Waals surface area contributed by atoms with Gasteiger partial charge in [-0.1, -0.05) is 66.4 Å². The van der Waals surface area contributed by atoms with E-state index in [1.165, 1.54) is 17.8 Å². The summed E-state index contributed by atoms with van der Waals surface area (Å²) in [4.78, 5) is 15.0. The van der Waals surface area contributed by atoms with Gasteiger partial charge in [0.1, 0.15) is 5.82 Å². The summed E-state index contributed by atoms with van der Waals surface area (Å²) in [6.45, 7) is 2.08. The molecule has 6 nitrogen and oxygen atoms in total. The van der Waals surface area contributed by atoms with Gasteiger partial charge in [-0.2, -0.15) is 13.2 Å². The quantitative estimate of drug-likeness (QED) is 0.285. The van der Waals surface area contributed by atoms with E-state index in [-0.39, 0.29) is 5.91 Å². The highest BCUT2D eigenvalue weighted by Crippen LogP contribution is 2.33. The second-order valence-corrected chi connectivity index (χ2v) is 9.74. The van der Waals surface area contributed by atoms with Gasteiger partial charge >= 0.3 is 6.18 Å². The van der Waals surface area contributed by atoms with Gasteiger partial charge < -0.3 is 9.64 Å². The molecule has 196 valence electrons. The maximum absolute atomic E-state index is 13.5. The summed E-state index contributed by atoms with van der Waals surface area (Å²) in [5.41, 5.74) is 1.96. The zero-order chi connectivity index (χ0) is 26.5. The van der Waals surface area contributed by atoms with Gasteiger partial charge in [0.2, 0.25) is 0 Å². The molecule has 2 heterocycles. The summed E-state index contributed by atoms with van der Waals surface area (Å²) in [7, 11) is 0. The van der Waals surface area contributed by atoms with Crippen LogP contribution in [0.2, 0.25) is 0 Å². The molecule has 0 aliphatic carbocycles. The SMILES string of the molecule is O=C(c1ccccc1CSc1nnc(Cc2ccccc2)n1-c1cccc(C(F)(F)F)c1)N1CCOCC1. The second-order valence-electron chi connectivity index (χ2n) is 8.80. The van der Waals surface area contributed by atoms with Gasteiger partial charge in [-0.3, -0.25) is 9.36 Å². The van der Waals surface area contributed by atoms with Crippen molar-refractivity contribution >= 4 is 17.7 Å². The zero-order valence-corrected chi connectivity index (χ0v) is 21.2. The van der Waals surface area contributed by atoms with Crippen LogP contribution in [-0.4, -0.2) is 51.9 Å². The first-order valence-corrected chi connectivity index (χ1v) is 13.1. The Morgan fingerprint density at radius 3 is 2.42 bits per heavy atom. The van der Waals surface area contributed by atoms with Crippen LogP contribution < -0.4 is 0 Å². The fourth-order valence-electron chi connectivity index (χ4n) is 4.30. The number of thioether (sulfide) groups is 1. The number of benzene rings is 3. The summed E-state index contributed by atoms with van der Waals surface area (Å²) in [5.74, 6) is 0.860. The van der Waals surface area contributed by atoms with E-state index in [0.29, 0.717) is 60.7 Å². The van der Waals surface area contributed by atoms with Crippen LogP contribution in [0.4, 0.5) is 13.2 Å². The van der Waals surface area contributed by atoms with Crippen LogP contribution in [0.25, 0.3) is 5.69 Å². The number of halogens is 3. The van der Waals surface area contributed by atoms with Crippen LogP contribution >= 0.6 is 11.8 Å². The lowest BCUT2D eigenvalue weighted by Crippen LogP contribution is -2.41. The van der Waals surface area contributed by atoms with Crippen LogP contribution in [-0.2, 0) is 23.1 Å². The van der Waals surface area contributed by atoms with Gasteiger partial charge in [-0.25, -0.2) is 0 Å². The number of carbonyl (C=O) groups is 1. The number of nitrogens with zero attached hydrogens (tertiary/aromatic N) is 4. The molecule has 1 aliphatic rings. The minimum atomic E-state index is -4.48. The first-order valence-electron chi connectivity index (χ1n) is 12.1. The molecule has 0 atom stereocenters. The molecule has 4 aromatic rings. The standard InChI is InChI=1S/C28H25F3N4O2S/c29-28(30,31)22-10-6-11-23(18-22)35-25(17-20-7-2-1-3-8-20)32-33-27(35)38-19-21-9-4-5-12-24(21)26(36)34-13-15-37-16-14-34/h1-12,18H,13-17,19H2.